The minimum absolute atomic E-state index is 0.204. The van der Waals surface area contributed by atoms with Crippen molar-refractivity contribution in [3.05, 3.63) is 5.82 Å². The van der Waals surface area contributed by atoms with Gasteiger partial charge in [-0.3, -0.25) is 4.79 Å². The van der Waals surface area contributed by atoms with Crippen molar-refractivity contribution < 1.29 is 14.7 Å². The molecule has 0 aromatic carbocycles. The van der Waals surface area contributed by atoms with Crippen LogP contribution in [0.15, 0.2) is 0 Å². The molecule has 0 saturated carbocycles. The predicted octanol–water partition coefficient (Wildman–Crippen LogP) is 0.595. The second-order valence-electron chi connectivity index (χ2n) is 4.45. The van der Waals surface area contributed by atoms with Gasteiger partial charge >= 0.3 is 12.0 Å². The van der Waals surface area contributed by atoms with Crippen LogP contribution in [0.4, 0.5) is 4.79 Å². The summed E-state index contributed by atoms with van der Waals surface area (Å²) >= 11 is 0. The second-order valence-corrected chi connectivity index (χ2v) is 4.45. The molecule has 0 aliphatic heterocycles. The number of hydrogen-bond acceptors (Lipinski definition) is 5. The van der Waals surface area contributed by atoms with Crippen LogP contribution in [0.5, 0.6) is 0 Å². The summed E-state index contributed by atoms with van der Waals surface area (Å²) in [6, 6.07) is -0.600. The second kappa shape index (κ2) is 8.83. The lowest BCUT2D eigenvalue weighted by atomic mass is 10.1. The molecule has 20 heavy (non-hydrogen) atoms. The number of carboxylic acids is 1. The summed E-state index contributed by atoms with van der Waals surface area (Å²) in [5.41, 5.74) is 0. The first-order valence-electron chi connectivity index (χ1n) is 6.59. The molecule has 9 heteroatoms. The third kappa shape index (κ3) is 6.66. The van der Waals surface area contributed by atoms with E-state index in [1.807, 2.05) is 0 Å². The van der Waals surface area contributed by atoms with Crippen molar-refractivity contribution in [3.63, 3.8) is 0 Å². The number of rotatable bonds is 9. The quantitative estimate of drug-likeness (QED) is 0.491. The fraction of sp³-hybridized carbons (Fsp3) is 0.727. The van der Waals surface area contributed by atoms with E-state index in [2.05, 4.69) is 31.3 Å². The van der Waals surface area contributed by atoms with Crippen LogP contribution in [0.1, 0.15) is 50.9 Å². The van der Waals surface area contributed by atoms with E-state index in [0.29, 0.717) is 18.8 Å². The lowest BCUT2D eigenvalue weighted by Crippen LogP contribution is -2.37. The van der Waals surface area contributed by atoms with Gasteiger partial charge in [-0.1, -0.05) is 18.1 Å². The van der Waals surface area contributed by atoms with Crippen molar-refractivity contribution in [3.8, 4) is 0 Å². The summed E-state index contributed by atoms with van der Waals surface area (Å²) < 4.78 is 0. The van der Waals surface area contributed by atoms with E-state index in [0.717, 1.165) is 19.3 Å². The first kappa shape index (κ1) is 15.9. The molecule has 1 rings (SSSR count). The molecule has 0 bridgehead atoms. The summed E-state index contributed by atoms with van der Waals surface area (Å²) in [4.78, 5) is 21.8. The predicted molar refractivity (Wildman–Crippen MR) is 69.8 cm³/mol. The lowest BCUT2D eigenvalue weighted by Gasteiger charge is -2.11. The Morgan fingerprint density at radius 3 is 2.70 bits per heavy atom. The average Bonchev–Trinajstić information content (AvgIpc) is 2.91. The third-order valence-electron chi connectivity index (χ3n) is 2.70. The smallest absolute Gasteiger partial charge is 0.315 e. The van der Waals surface area contributed by atoms with Gasteiger partial charge in [-0.2, -0.15) is 5.21 Å². The molecule has 1 aromatic rings. The molecule has 4 N–H and O–H groups in total. The Kier molecular flexibility index (Phi) is 7.01. The number of aromatic nitrogens is 4. The van der Waals surface area contributed by atoms with Gasteiger partial charge in [0.05, 0.1) is 6.04 Å². The molecule has 0 spiro atoms. The van der Waals surface area contributed by atoms with Gasteiger partial charge in [0.2, 0.25) is 0 Å². The Balaban J connectivity index is 2.02. The highest BCUT2D eigenvalue weighted by Crippen LogP contribution is 2.03. The van der Waals surface area contributed by atoms with Gasteiger partial charge in [-0.25, -0.2) is 4.79 Å². The summed E-state index contributed by atoms with van der Waals surface area (Å²) in [5.74, 6) is -0.341. The van der Waals surface area contributed by atoms with E-state index in [1.165, 1.54) is 0 Å². The van der Waals surface area contributed by atoms with Gasteiger partial charge in [0.15, 0.2) is 5.82 Å². The number of carboxylic acid groups (broad SMARTS) is 1. The zero-order valence-corrected chi connectivity index (χ0v) is 11.4. The Bertz CT molecular complexity index is 408. The SMILES string of the molecule is CC(NC(=O)NCCCCCCC(=O)O)c1nn[nH]n1. The van der Waals surface area contributed by atoms with E-state index in [-0.39, 0.29) is 18.5 Å². The standard InChI is InChI=1S/C11H20N6O3/c1-8(10-14-16-17-15-10)13-11(20)12-7-5-3-2-4-6-9(18)19/h8H,2-7H2,1H3,(H,18,19)(H2,12,13,20)(H,14,15,16,17). The molecule has 0 aliphatic rings. The van der Waals surface area contributed by atoms with Gasteiger partial charge in [0.1, 0.15) is 0 Å². The summed E-state index contributed by atoms with van der Waals surface area (Å²) in [6.45, 7) is 2.31. The van der Waals surface area contributed by atoms with Crippen LogP contribution >= 0.6 is 0 Å². The number of nitrogens with one attached hydrogen (secondary N) is 3. The van der Waals surface area contributed by atoms with Gasteiger partial charge in [0.25, 0.3) is 0 Å². The molecule has 9 nitrogen and oxygen atoms in total. The third-order valence-corrected chi connectivity index (χ3v) is 2.70. The van der Waals surface area contributed by atoms with Crippen molar-refractivity contribution >= 4 is 12.0 Å². The zero-order valence-electron chi connectivity index (χ0n) is 11.4. The number of hydrogen-bond donors (Lipinski definition) is 4. The lowest BCUT2D eigenvalue weighted by molar-refractivity contribution is -0.137. The van der Waals surface area contributed by atoms with Gasteiger partial charge < -0.3 is 15.7 Å². The monoisotopic (exact) mass is 284 g/mol. The Morgan fingerprint density at radius 2 is 2.05 bits per heavy atom. The van der Waals surface area contributed by atoms with E-state index in [4.69, 9.17) is 5.11 Å². The van der Waals surface area contributed by atoms with Crippen molar-refractivity contribution in [2.45, 2.75) is 45.1 Å². The maximum atomic E-state index is 11.5. The summed E-state index contributed by atoms with van der Waals surface area (Å²) in [5, 5.41) is 27.2. The number of aliphatic carboxylic acids is 1. The number of urea groups is 1. The van der Waals surface area contributed by atoms with Gasteiger partial charge in [-0.05, 0) is 19.8 Å². The van der Waals surface area contributed by atoms with Crippen molar-refractivity contribution in [2.75, 3.05) is 6.54 Å². The summed E-state index contributed by atoms with van der Waals surface area (Å²) in [6.07, 6.45) is 3.46. The molecule has 2 amide bonds. The number of nitrogens with zero attached hydrogens (tertiary/aromatic N) is 3. The molecular weight excluding hydrogens is 264 g/mol. The van der Waals surface area contributed by atoms with Crippen LogP contribution in [0.2, 0.25) is 0 Å². The van der Waals surface area contributed by atoms with E-state index in [9.17, 15) is 9.59 Å². The van der Waals surface area contributed by atoms with Crippen LogP contribution in [0.25, 0.3) is 0 Å². The minimum atomic E-state index is -0.766. The number of H-pyrrole nitrogens is 1. The molecule has 112 valence electrons. The number of carbonyl (C=O) groups excluding carboxylic acids is 1. The molecule has 1 atom stereocenters. The summed E-state index contributed by atoms with van der Waals surface area (Å²) in [7, 11) is 0. The van der Waals surface area contributed by atoms with Crippen molar-refractivity contribution in [1.82, 2.24) is 31.3 Å². The number of carbonyl (C=O) groups is 2. The molecule has 0 aliphatic carbocycles. The fourth-order valence-electron chi connectivity index (χ4n) is 1.62. The van der Waals surface area contributed by atoms with E-state index < -0.39 is 5.97 Å². The van der Waals surface area contributed by atoms with Gasteiger partial charge in [-0.15, -0.1) is 10.2 Å². The molecule has 0 saturated heterocycles. The fourth-order valence-corrected chi connectivity index (χ4v) is 1.62. The zero-order chi connectivity index (χ0) is 14.8. The van der Waals surface area contributed by atoms with Crippen LogP contribution in [-0.4, -0.2) is 44.3 Å². The van der Waals surface area contributed by atoms with Gasteiger partial charge in [0, 0.05) is 13.0 Å². The molecule has 1 aromatic heterocycles. The Hall–Kier alpha value is -2.19. The first-order chi connectivity index (χ1) is 9.59. The Morgan fingerprint density at radius 1 is 1.30 bits per heavy atom. The van der Waals surface area contributed by atoms with Crippen LogP contribution in [0.3, 0.4) is 0 Å². The highest BCUT2D eigenvalue weighted by atomic mass is 16.4. The van der Waals surface area contributed by atoms with Crippen molar-refractivity contribution in [1.29, 1.82) is 0 Å². The minimum Gasteiger partial charge on any atom is -0.481 e. The van der Waals surface area contributed by atoms with Crippen LogP contribution in [0, 0.1) is 0 Å². The molecule has 0 fully saturated rings. The van der Waals surface area contributed by atoms with Crippen LogP contribution < -0.4 is 10.6 Å². The number of tetrazole rings is 1. The molecular formula is C11H20N6O3. The van der Waals surface area contributed by atoms with Crippen LogP contribution in [-0.2, 0) is 4.79 Å². The highest BCUT2D eigenvalue weighted by molar-refractivity contribution is 5.74. The van der Waals surface area contributed by atoms with E-state index in [1.54, 1.807) is 6.92 Å². The topological polar surface area (TPSA) is 133 Å². The highest BCUT2D eigenvalue weighted by Gasteiger charge is 2.12. The molecule has 1 heterocycles. The normalized spacial score (nSPS) is 11.8. The van der Waals surface area contributed by atoms with E-state index >= 15 is 0 Å². The number of aromatic amines is 1. The number of unbranched alkanes of at least 4 members (excludes halogenated alkanes) is 3. The largest absolute Gasteiger partial charge is 0.481 e. The molecule has 0 radical (unpaired) electrons. The maximum absolute atomic E-state index is 11.5. The maximum Gasteiger partial charge on any atom is 0.315 e. The first-order valence-corrected chi connectivity index (χ1v) is 6.59. The van der Waals surface area contributed by atoms with Crippen molar-refractivity contribution in [2.24, 2.45) is 0 Å². The molecule has 1 unspecified atom stereocenters. The Labute approximate surface area is 116 Å². The average molecular weight is 284 g/mol. The number of amides is 2.